The van der Waals surface area contributed by atoms with Crippen molar-refractivity contribution in [1.82, 2.24) is 10.1 Å². The van der Waals surface area contributed by atoms with Crippen LogP contribution < -0.4 is 10.1 Å². The van der Waals surface area contributed by atoms with Crippen molar-refractivity contribution in [1.29, 1.82) is 0 Å². The summed E-state index contributed by atoms with van der Waals surface area (Å²) in [5.41, 5.74) is 2.74. The number of hydrogen-bond donors (Lipinski definition) is 1. The van der Waals surface area contributed by atoms with Gasteiger partial charge in [-0.05, 0) is 57.2 Å². The lowest BCUT2D eigenvalue weighted by Crippen LogP contribution is -2.13. The fourth-order valence-corrected chi connectivity index (χ4v) is 3.22. The molecule has 30 heavy (non-hydrogen) atoms. The van der Waals surface area contributed by atoms with Crippen molar-refractivity contribution in [2.75, 3.05) is 5.32 Å². The third-order valence-electron chi connectivity index (χ3n) is 4.52. The Morgan fingerprint density at radius 1 is 1.13 bits per heavy atom. The highest BCUT2D eigenvalue weighted by atomic mass is 19.3. The SMILES string of the molecule is Cc1cc(-c2cc(C(=O)Nc3ccc(OC(F)F)cc3)c3c(C)noc3n2)c(C)o1. The van der Waals surface area contributed by atoms with Gasteiger partial charge in [-0.1, -0.05) is 5.16 Å². The molecule has 3 heterocycles. The Balaban J connectivity index is 1.71. The fraction of sp³-hybridized carbons (Fsp3) is 0.190. The second-order valence-corrected chi connectivity index (χ2v) is 6.69. The van der Waals surface area contributed by atoms with E-state index >= 15 is 0 Å². The molecular weight excluding hydrogens is 396 g/mol. The van der Waals surface area contributed by atoms with Gasteiger partial charge in [-0.25, -0.2) is 4.98 Å². The zero-order valence-electron chi connectivity index (χ0n) is 16.3. The molecule has 0 bridgehead atoms. The van der Waals surface area contributed by atoms with Crippen LogP contribution in [0, 0.1) is 20.8 Å². The van der Waals surface area contributed by atoms with E-state index in [0.29, 0.717) is 33.8 Å². The van der Waals surface area contributed by atoms with E-state index in [-0.39, 0.29) is 11.5 Å². The maximum atomic E-state index is 13.0. The zero-order chi connectivity index (χ0) is 21.4. The minimum atomic E-state index is -2.92. The number of furan rings is 1. The predicted molar refractivity (Wildman–Crippen MR) is 105 cm³/mol. The summed E-state index contributed by atoms with van der Waals surface area (Å²) >= 11 is 0. The molecule has 9 heteroatoms. The number of ether oxygens (including phenoxy) is 1. The van der Waals surface area contributed by atoms with Gasteiger partial charge in [-0.2, -0.15) is 8.78 Å². The summed E-state index contributed by atoms with van der Waals surface area (Å²) < 4.78 is 39.8. The quantitative estimate of drug-likeness (QED) is 0.480. The molecule has 1 amide bonds. The summed E-state index contributed by atoms with van der Waals surface area (Å²) in [4.78, 5) is 17.5. The molecule has 1 N–H and O–H groups in total. The van der Waals surface area contributed by atoms with Crippen LogP contribution in [-0.2, 0) is 0 Å². The molecule has 0 aliphatic heterocycles. The lowest BCUT2D eigenvalue weighted by molar-refractivity contribution is -0.0498. The molecule has 0 atom stereocenters. The van der Waals surface area contributed by atoms with Crippen molar-refractivity contribution >= 4 is 22.7 Å². The van der Waals surface area contributed by atoms with Crippen LogP contribution in [0.1, 0.15) is 27.6 Å². The number of carbonyl (C=O) groups is 1. The van der Waals surface area contributed by atoms with E-state index in [2.05, 4.69) is 20.2 Å². The van der Waals surface area contributed by atoms with Crippen molar-refractivity contribution in [3.05, 3.63) is 59.2 Å². The van der Waals surface area contributed by atoms with Gasteiger partial charge >= 0.3 is 6.61 Å². The van der Waals surface area contributed by atoms with E-state index < -0.39 is 12.5 Å². The first-order valence-corrected chi connectivity index (χ1v) is 9.02. The van der Waals surface area contributed by atoms with E-state index in [4.69, 9.17) is 8.94 Å². The minimum Gasteiger partial charge on any atom is -0.466 e. The third kappa shape index (κ3) is 3.73. The summed E-state index contributed by atoms with van der Waals surface area (Å²) in [6, 6.07) is 9.11. The highest BCUT2D eigenvalue weighted by Crippen LogP contribution is 2.31. The highest BCUT2D eigenvalue weighted by Gasteiger charge is 2.21. The number of aromatic nitrogens is 2. The number of pyridine rings is 1. The van der Waals surface area contributed by atoms with E-state index in [1.165, 1.54) is 24.3 Å². The Kier molecular flexibility index (Phi) is 4.94. The maximum absolute atomic E-state index is 13.0. The summed E-state index contributed by atoms with van der Waals surface area (Å²) in [6.07, 6.45) is 0. The summed E-state index contributed by atoms with van der Waals surface area (Å²) in [6.45, 7) is 2.43. The first-order valence-electron chi connectivity index (χ1n) is 9.02. The fourth-order valence-electron chi connectivity index (χ4n) is 3.22. The average molecular weight is 413 g/mol. The molecule has 4 rings (SSSR count). The van der Waals surface area contributed by atoms with Crippen molar-refractivity contribution in [3.63, 3.8) is 0 Å². The molecule has 0 saturated carbocycles. The summed E-state index contributed by atoms with van der Waals surface area (Å²) in [5.74, 6) is 0.958. The van der Waals surface area contributed by atoms with Crippen molar-refractivity contribution in [3.8, 4) is 17.0 Å². The topological polar surface area (TPSA) is 90.4 Å². The average Bonchev–Trinajstić information content (AvgIpc) is 3.23. The molecule has 1 aromatic carbocycles. The molecule has 0 radical (unpaired) electrons. The Labute approximate surface area is 169 Å². The number of alkyl halides is 2. The molecule has 0 fully saturated rings. The van der Waals surface area contributed by atoms with Crippen LogP contribution in [0.2, 0.25) is 0 Å². The Morgan fingerprint density at radius 3 is 2.50 bits per heavy atom. The van der Waals surface area contributed by atoms with Crippen LogP contribution in [0.4, 0.5) is 14.5 Å². The molecule has 154 valence electrons. The second-order valence-electron chi connectivity index (χ2n) is 6.69. The maximum Gasteiger partial charge on any atom is 0.387 e. The van der Waals surface area contributed by atoms with Gasteiger partial charge < -0.3 is 19.0 Å². The number of fused-ring (bicyclic) bond motifs is 1. The van der Waals surface area contributed by atoms with Crippen LogP contribution in [-0.4, -0.2) is 22.7 Å². The van der Waals surface area contributed by atoms with Gasteiger partial charge in [0.15, 0.2) is 0 Å². The first kappa shape index (κ1) is 19.6. The van der Waals surface area contributed by atoms with Crippen molar-refractivity contribution in [2.45, 2.75) is 27.4 Å². The van der Waals surface area contributed by atoms with Gasteiger partial charge in [0.05, 0.1) is 22.3 Å². The number of nitrogens with zero attached hydrogens (tertiary/aromatic N) is 2. The first-order chi connectivity index (χ1) is 14.3. The van der Waals surface area contributed by atoms with E-state index in [0.717, 1.165) is 11.3 Å². The molecule has 4 aromatic rings. The Morgan fingerprint density at radius 2 is 1.87 bits per heavy atom. The Hall–Kier alpha value is -3.75. The molecule has 0 saturated heterocycles. The second kappa shape index (κ2) is 7.58. The number of carbonyl (C=O) groups excluding carboxylic acids is 1. The minimum absolute atomic E-state index is 0.00253. The Bertz CT molecular complexity index is 1230. The molecule has 0 unspecified atom stereocenters. The lowest BCUT2D eigenvalue weighted by atomic mass is 10.1. The van der Waals surface area contributed by atoms with Crippen LogP contribution >= 0.6 is 0 Å². The number of nitrogens with one attached hydrogen (secondary N) is 1. The molecule has 0 aliphatic rings. The monoisotopic (exact) mass is 413 g/mol. The van der Waals surface area contributed by atoms with Gasteiger partial charge in [-0.3, -0.25) is 4.79 Å². The predicted octanol–water partition coefficient (Wildman–Crippen LogP) is 5.26. The number of amides is 1. The highest BCUT2D eigenvalue weighted by molar-refractivity contribution is 6.13. The molecule has 7 nitrogen and oxygen atoms in total. The molecule has 0 aliphatic carbocycles. The normalized spacial score (nSPS) is 11.3. The third-order valence-corrected chi connectivity index (χ3v) is 4.52. The number of anilines is 1. The molecule has 0 spiro atoms. The lowest BCUT2D eigenvalue weighted by Gasteiger charge is -2.09. The smallest absolute Gasteiger partial charge is 0.387 e. The van der Waals surface area contributed by atoms with Crippen molar-refractivity contribution in [2.24, 2.45) is 0 Å². The van der Waals surface area contributed by atoms with E-state index in [9.17, 15) is 13.6 Å². The van der Waals surface area contributed by atoms with Crippen LogP contribution in [0.15, 0.2) is 45.3 Å². The van der Waals surface area contributed by atoms with E-state index in [1.807, 2.05) is 19.9 Å². The van der Waals surface area contributed by atoms with Gasteiger partial charge in [-0.15, -0.1) is 0 Å². The van der Waals surface area contributed by atoms with Crippen LogP contribution in [0.3, 0.4) is 0 Å². The van der Waals surface area contributed by atoms with E-state index in [1.54, 1.807) is 13.0 Å². The molecular formula is C21H17F2N3O4. The van der Waals surface area contributed by atoms with Gasteiger partial charge in [0.1, 0.15) is 17.3 Å². The van der Waals surface area contributed by atoms with Crippen molar-refractivity contribution < 1.29 is 27.3 Å². The number of halogens is 2. The standard InChI is InChI=1S/C21H17F2N3O4/c1-10-8-15(12(3)28-10)17-9-16(18-11(2)26-30-20(18)25-17)19(27)24-13-4-6-14(7-5-13)29-21(22)23/h4-9,21H,1-3H3,(H,24,27). The number of aryl methyl sites for hydroxylation is 3. The summed E-state index contributed by atoms with van der Waals surface area (Å²) in [5, 5.41) is 7.16. The van der Waals surface area contributed by atoms with Crippen LogP contribution in [0.25, 0.3) is 22.4 Å². The molecule has 3 aromatic heterocycles. The van der Waals surface area contributed by atoms with Gasteiger partial charge in [0.2, 0.25) is 0 Å². The number of benzene rings is 1. The van der Waals surface area contributed by atoms with Gasteiger partial charge in [0, 0.05) is 11.3 Å². The number of rotatable bonds is 5. The van der Waals surface area contributed by atoms with Crippen LogP contribution in [0.5, 0.6) is 5.75 Å². The number of hydrogen-bond acceptors (Lipinski definition) is 6. The summed E-state index contributed by atoms with van der Waals surface area (Å²) in [7, 11) is 0. The van der Waals surface area contributed by atoms with Gasteiger partial charge in [0.25, 0.3) is 11.6 Å². The zero-order valence-corrected chi connectivity index (χ0v) is 16.3. The largest absolute Gasteiger partial charge is 0.466 e.